The number of benzene rings is 3. The molecule has 0 saturated heterocycles. The molecule has 0 aliphatic carbocycles. The van der Waals surface area contributed by atoms with Gasteiger partial charge in [-0.15, -0.1) is 0 Å². The molecule has 168 valence electrons. The van der Waals surface area contributed by atoms with Crippen molar-refractivity contribution >= 4 is 5.97 Å². The maximum atomic E-state index is 11.0. The quantitative estimate of drug-likeness (QED) is 0.385. The fourth-order valence-electron chi connectivity index (χ4n) is 3.30. The van der Waals surface area contributed by atoms with Crippen molar-refractivity contribution in [2.75, 3.05) is 27.4 Å². The van der Waals surface area contributed by atoms with E-state index in [-0.39, 0.29) is 6.42 Å². The van der Waals surface area contributed by atoms with Crippen LogP contribution in [0.3, 0.4) is 0 Å². The molecule has 1 N–H and O–H groups in total. The van der Waals surface area contributed by atoms with Gasteiger partial charge in [0.25, 0.3) is 0 Å². The zero-order valence-corrected chi connectivity index (χ0v) is 18.3. The van der Waals surface area contributed by atoms with Crippen molar-refractivity contribution in [1.29, 1.82) is 0 Å². The van der Waals surface area contributed by atoms with Gasteiger partial charge in [-0.1, -0.05) is 48.5 Å². The van der Waals surface area contributed by atoms with Gasteiger partial charge >= 0.3 is 5.97 Å². The lowest BCUT2D eigenvalue weighted by atomic mass is 10.1. The number of carboxylic acid groups (broad SMARTS) is 1. The third-order valence-electron chi connectivity index (χ3n) is 4.98. The second kappa shape index (κ2) is 11.8. The van der Waals surface area contributed by atoms with Gasteiger partial charge in [0.1, 0.15) is 5.75 Å². The Labute approximate surface area is 188 Å². The molecule has 1 atom stereocenters. The molecule has 3 aromatic rings. The van der Waals surface area contributed by atoms with E-state index in [9.17, 15) is 4.79 Å². The first-order chi connectivity index (χ1) is 15.6. The standard InChI is InChI=1S/C26H28O6/c1-29-24(18-26(27)28)21-11-14-23(25(17-21)30-2)32-16-6-15-31-22-12-9-20(10-13-22)19-7-4-3-5-8-19/h3-5,7-14,17,24H,6,15-16,18H2,1-2H3,(H,27,28). The van der Waals surface area contributed by atoms with Crippen LogP contribution in [0.15, 0.2) is 72.8 Å². The molecule has 0 bridgehead atoms. The van der Waals surface area contributed by atoms with Gasteiger partial charge in [0, 0.05) is 13.5 Å². The highest BCUT2D eigenvalue weighted by molar-refractivity contribution is 5.68. The third kappa shape index (κ3) is 6.49. The summed E-state index contributed by atoms with van der Waals surface area (Å²) in [4.78, 5) is 11.0. The van der Waals surface area contributed by atoms with Crippen LogP contribution in [0.25, 0.3) is 11.1 Å². The van der Waals surface area contributed by atoms with Crippen LogP contribution in [0.4, 0.5) is 0 Å². The topological polar surface area (TPSA) is 74.2 Å². The van der Waals surface area contributed by atoms with Crippen LogP contribution in [-0.4, -0.2) is 38.5 Å². The summed E-state index contributed by atoms with van der Waals surface area (Å²) in [6.07, 6.45) is 0.0336. The fraction of sp³-hybridized carbons (Fsp3) is 0.269. The Bertz CT molecular complexity index is 985. The first-order valence-corrected chi connectivity index (χ1v) is 10.4. The minimum absolute atomic E-state index is 0.122. The Morgan fingerprint density at radius 2 is 1.53 bits per heavy atom. The van der Waals surface area contributed by atoms with E-state index in [1.54, 1.807) is 25.3 Å². The summed E-state index contributed by atoms with van der Waals surface area (Å²) in [7, 11) is 3.03. The summed E-state index contributed by atoms with van der Waals surface area (Å²) in [5.74, 6) is 1.02. The highest BCUT2D eigenvalue weighted by atomic mass is 16.5. The van der Waals surface area contributed by atoms with E-state index in [1.807, 2.05) is 42.5 Å². The molecule has 0 aliphatic heterocycles. The molecule has 0 aliphatic rings. The third-order valence-corrected chi connectivity index (χ3v) is 4.98. The van der Waals surface area contributed by atoms with Gasteiger partial charge in [-0.05, 0) is 41.0 Å². The maximum absolute atomic E-state index is 11.0. The number of aliphatic carboxylic acids is 1. The number of rotatable bonds is 12. The van der Waals surface area contributed by atoms with E-state index < -0.39 is 12.1 Å². The zero-order valence-electron chi connectivity index (χ0n) is 18.3. The lowest BCUT2D eigenvalue weighted by Crippen LogP contribution is -2.09. The molecule has 0 aromatic heterocycles. The predicted octanol–water partition coefficient (Wildman–Crippen LogP) is 5.37. The van der Waals surface area contributed by atoms with E-state index in [1.165, 1.54) is 12.7 Å². The molecule has 3 aromatic carbocycles. The summed E-state index contributed by atoms with van der Waals surface area (Å²) in [6.45, 7) is 0.982. The lowest BCUT2D eigenvalue weighted by Gasteiger charge is -2.17. The maximum Gasteiger partial charge on any atom is 0.306 e. The van der Waals surface area contributed by atoms with Crippen molar-refractivity contribution in [1.82, 2.24) is 0 Å². The molecule has 1 unspecified atom stereocenters. The molecule has 3 rings (SSSR count). The van der Waals surface area contributed by atoms with E-state index in [4.69, 9.17) is 24.1 Å². The Morgan fingerprint density at radius 1 is 0.844 bits per heavy atom. The fourth-order valence-corrected chi connectivity index (χ4v) is 3.30. The van der Waals surface area contributed by atoms with Crippen molar-refractivity contribution < 1.29 is 28.8 Å². The monoisotopic (exact) mass is 436 g/mol. The Balaban J connectivity index is 1.47. The van der Waals surface area contributed by atoms with Crippen LogP contribution in [0.1, 0.15) is 24.5 Å². The average molecular weight is 437 g/mol. The van der Waals surface area contributed by atoms with E-state index in [2.05, 4.69) is 12.1 Å². The molecular weight excluding hydrogens is 408 g/mol. The molecule has 0 amide bonds. The van der Waals surface area contributed by atoms with Crippen molar-refractivity contribution in [3.8, 4) is 28.4 Å². The number of carboxylic acids is 1. The molecular formula is C26H28O6. The minimum Gasteiger partial charge on any atom is -0.493 e. The van der Waals surface area contributed by atoms with Crippen molar-refractivity contribution in [2.45, 2.75) is 18.9 Å². The summed E-state index contributed by atoms with van der Waals surface area (Å²) in [5.41, 5.74) is 3.05. The number of hydrogen-bond donors (Lipinski definition) is 1. The molecule has 0 saturated carbocycles. The van der Waals surface area contributed by atoms with Crippen molar-refractivity contribution in [2.24, 2.45) is 0 Å². The number of hydrogen-bond acceptors (Lipinski definition) is 5. The van der Waals surface area contributed by atoms with Crippen molar-refractivity contribution in [3.63, 3.8) is 0 Å². The van der Waals surface area contributed by atoms with Crippen molar-refractivity contribution in [3.05, 3.63) is 78.4 Å². The normalized spacial score (nSPS) is 11.6. The second-order valence-electron chi connectivity index (χ2n) is 7.17. The highest BCUT2D eigenvalue weighted by Crippen LogP contribution is 2.32. The SMILES string of the molecule is COc1cc(C(CC(=O)O)OC)ccc1OCCCOc1ccc(-c2ccccc2)cc1. The zero-order chi connectivity index (χ0) is 22.8. The summed E-state index contributed by atoms with van der Waals surface area (Å²) in [5, 5.41) is 9.02. The highest BCUT2D eigenvalue weighted by Gasteiger charge is 2.17. The first kappa shape index (κ1) is 23.2. The summed E-state index contributed by atoms with van der Waals surface area (Å²) < 4.78 is 22.3. The predicted molar refractivity (Wildman–Crippen MR) is 122 cm³/mol. The molecule has 0 fully saturated rings. The molecule has 0 heterocycles. The van der Waals surface area contributed by atoms with Gasteiger partial charge in [-0.3, -0.25) is 4.79 Å². The molecule has 0 radical (unpaired) electrons. The Hall–Kier alpha value is -3.51. The minimum atomic E-state index is -0.925. The number of carbonyl (C=O) groups is 1. The summed E-state index contributed by atoms with van der Waals surface area (Å²) >= 11 is 0. The largest absolute Gasteiger partial charge is 0.493 e. The van der Waals surface area contributed by atoms with Crippen LogP contribution in [0.5, 0.6) is 17.2 Å². The van der Waals surface area contributed by atoms with E-state index in [0.29, 0.717) is 31.1 Å². The van der Waals surface area contributed by atoms with E-state index in [0.717, 1.165) is 16.9 Å². The van der Waals surface area contributed by atoms with Crippen LogP contribution >= 0.6 is 0 Å². The summed E-state index contributed by atoms with van der Waals surface area (Å²) in [6, 6.07) is 23.5. The molecule has 6 nitrogen and oxygen atoms in total. The van der Waals surface area contributed by atoms with Gasteiger partial charge < -0.3 is 24.1 Å². The lowest BCUT2D eigenvalue weighted by molar-refractivity contribution is -0.139. The Morgan fingerprint density at radius 3 is 2.19 bits per heavy atom. The molecule has 0 spiro atoms. The van der Waals surface area contributed by atoms with Gasteiger partial charge in [0.2, 0.25) is 0 Å². The number of methoxy groups -OCH3 is 2. The van der Waals surface area contributed by atoms with Gasteiger partial charge in [-0.25, -0.2) is 0 Å². The van der Waals surface area contributed by atoms with Crippen LogP contribution < -0.4 is 14.2 Å². The van der Waals surface area contributed by atoms with Gasteiger partial charge in [0.15, 0.2) is 11.5 Å². The smallest absolute Gasteiger partial charge is 0.306 e. The first-order valence-electron chi connectivity index (χ1n) is 10.4. The second-order valence-corrected chi connectivity index (χ2v) is 7.17. The van der Waals surface area contributed by atoms with Crippen LogP contribution in [0, 0.1) is 0 Å². The Kier molecular flexibility index (Phi) is 8.52. The number of ether oxygens (including phenoxy) is 4. The van der Waals surface area contributed by atoms with Crippen LogP contribution in [-0.2, 0) is 9.53 Å². The van der Waals surface area contributed by atoms with E-state index >= 15 is 0 Å². The average Bonchev–Trinajstić information content (AvgIpc) is 2.83. The molecule has 6 heteroatoms. The van der Waals surface area contributed by atoms with Gasteiger partial charge in [-0.2, -0.15) is 0 Å². The van der Waals surface area contributed by atoms with Crippen LogP contribution in [0.2, 0.25) is 0 Å². The molecule has 32 heavy (non-hydrogen) atoms. The van der Waals surface area contributed by atoms with Gasteiger partial charge in [0.05, 0.1) is 32.8 Å².